The van der Waals surface area contributed by atoms with E-state index in [2.05, 4.69) is 20.0 Å². The van der Waals surface area contributed by atoms with Gasteiger partial charge in [-0.3, -0.25) is 9.52 Å². The number of sulfonamides is 1. The number of ether oxygens (including phenoxy) is 1. The van der Waals surface area contributed by atoms with Gasteiger partial charge in [-0.15, -0.1) is 0 Å². The van der Waals surface area contributed by atoms with Crippen molar-refractivity contribution in [3.8, 4) is 11.5 Å². The minimum Gasteiger partial charge on any atom is -0.506 e. The number of para-hydroxylation sites is 2. The lowest BCUT2D eigenvalue weighted by Crippen LogP contribution is -2.18. The first kappa shape index (κ1) is 19.9. The summed E-state index contributed by atoms with van der Waals surface area (Å²) in [5.74, 6) is -0.859. The first-order valence-electron chi connectivity index (χ1n) is 8.18. The van der Waals surface area contributed by atoms with E-state index in [0.29, 0.717) is 5.75 Å². The van der Waals surface area contributed by atoms with E-state index in [1.54, 1.807) is 18.2 Å². The molecule has 1 heterocycles. The standard InChI is InChI=1S/C18H17N5O5S/c1-28-15-5-3-2-4-12(15)23-29(26,27)11-6-7-14(24)13(10-11)22-18(25)16-17(19)21-9-8-20-16/h2-10,23-24H,1H3,(H2,19,21)(H,22,25). The van der Waals surface area contributed by atoms with Crippen molar-refractivity contribution in [1.82, 2.24) is 9.97 Å². The Morgan fingerprint density at radius 3 is 2.55 bits per heavy atom. The highest BCUT2D eigenvalue weighted by Gasteiger charge is 2.20. The third-order valence-electron chi connectivity index (χ3n) is 3.82. The number of methoxy groups -OCH3 is 1. The average Bonchev–Trinajstić information content (AvgIpc) is 2.70. The van der Waals surface area contributed by atoms with Gasteiger partial charge in [0.1, 0.15) is 11.5 Å². The van der Waals surface area contributed by atoms with Crippen LogP contribution < -0.4 is 20.5 Å². The van der Waals surface area contributed by atoms with Gasteiger partial charge < -0.3 is 20.9 Å². The number of nitrogens with one attached hydrogen (secondary N) is 2. The van der Waals surface area contributed by atoms with Crippen molar-refractivity contribution in [3.05, 3.63) is 60.6 Å². The van der Waals surface area contributed by atoms with Gasteiger partial charge in [0.15, 0.2) is 11.5 Å². The molecule has 11 heteroatoms. The number of carbonyl (C=O) groups is 1. The summed E-state index contributed by atoms with van der Waals surface area (Å²) in [6, 6.07) is 9.93. The van der Waals surface area contributed by atoms with E-state index in [1.165, 1.54) is 31.6 Å². The number of phenols is 1. The molecule has 0 fully saturated rings. The molecule has 0 unspecified atom stereocenters. The van der Waals surface area contributed by atoms with Gasteiger partial charge in [0.05, 0.1) is 23.4 Å². The molecular weight excluding hydrogens is 398 g/mol. The first-order valence-corrected chi connectivity index (χ1v) is 9.67. The van der Waals surface area contributed by atoms with Crippen molar-refractivity contribution >= 4 is 33.1 Å². The van der Waals surface area contributed by atoms with Crippen molar-refractivity contribution in [1.29, 1.82) is 0 Å². The minimum absolute atomic E-state index is 0.105. The van der Waals surface area contributed by atoms with Crippen LogP contribution in [0.3, 0.4) is 0 Å². The Kier molecular flexibility index (Phi) is 5.50. The van der Waals surface area contributed by atoms with Gasteiger partial charge in [0.25, 0.3) is 15.9 Å². The Hall–Kier alpha value is -3.86. The number of aromatic hydroxyl groups is 1. The fourth-order valence-electron chi connectivity index (χ4n) is 2.42. The average molecular weight is 415 g/mol. The van der Waals surface area contributed by atoms with Crippen LogP contribution in [0, 0.1) is 0 Å². The van der Waals surface area contributed by atoms with Gasteiger partial charge >= 0.3 is 0 Å². The molecule has 0 atom stereocenters. The maximum absolute atomic E-state index is 12.7. The van der Waals surface area contributed by atoms with Gasteiger partial charge in [0, 0.05) is 12.4 Å². The molecule has 0 bridgehead atoms. The minimum atomic E-state index is -4.04. The Labute approximate surface area is 166 Å². The molecule has 0 aliphatic carbocycles. The molecule has 0 saturated carbocycles. The van der Waals surface area contributed by atoms with E-state index in [-0.39, 0.29) is 33.5 Å². The molecule has 150 valence electrons. The third kappa shape index (κ3) is 4.35. The van der Waals surface area contributed by atoms with E-state index < -0.39 is 15.9 Å². The number of anilines is 3. The number of carbonyl (C=O) groups excluding carboxylic acids is 1. The van der Waals surface area contributed by atoms with E-state index in [4.69, 9.17) is 10.5 Å². The molecule has 5 N–H and O–H groups in total. The van der Waals surface area contributed by atoms with Crippen molar-refractivity contribution in [2.45, 2.75) is 4.90 Å². The van der Waals surface area contributed by atoms with Crippen LogP contribution in [-0.2, 0) is 10.0 Å². The predicted molar refractivity (Wildman–Crippen MR) is 106 cm³/mol. The molecule has 0 radical (unpaired) electrons. The normalized spacial score (nSPS) is 10.9. The summed E-state index contributed by atoms with van der Waals surface area (Å²) in [6.07, 6.45) is 2.60. The molecule has 0 saturated heterocycles. The number of nitrogens with zero attached hydrogens (tertiary/aromatic N) is 2. The van der Waals surface area contributed by atoms with Crippen molar-refractivity contribution in [2.24, 2.45) is 0 Å². The quantitative estimate of drug-likeness (QED) is 0.444. The number of hydrogen-bond acceptors (Lipinski definition) is 8. The fraction of sp³-hybridized carbons (Fsp3) is 0.0556. The van der Waals surface area contributed by atoms with Gasteiger partial charge in [0.2, 0.25) is 0 Å². The topological polar surface area (TPSA) is 157 Å². The van der Waals surface area contributed by atoms with Crippen LogP contribution in [0.15, 0.2) is 59.8 Å². The Morgan fingerprint density at radius 1 is 1.10 bits per heavy atom. The van der Waals surface area contributed by atoms with Crippen LogP contribution in [-0.4, -0.2) is 36.5 Å². The first-order chi connectivity index (χ1) is 13.8. The third-order valence-corrected chi connectivity index (χ3v) is 5.18. The van der Waals surface area contributed by atoms with Crippen LogP contribution in [0.25, 0.3) is 0 Å². The lowest BCUT2D eigenvalue weighted by atomic mass is 10.2. The summed E-state index contributed by atoms with van der Waals surface area (Å²) < 4.78 is 33.0. The number of benzene rings is 2. The molecule has 3 aromatic rings. The number of nitrogens with two attached hydrogens (primary N) is 1. The summed E-state index contributed by atoms with van der Waals surface area (Å²) in [6.45, 7) is 0. The van der Waals surface area contributed by atoms with Gasteiger partial charge in [-0.25, -0.2) is 18.4 Å². The second-order valence-corrected chi connectivity index (χ2v) is 7.41. The summed E-state index contributed by atoms with van der Waals surface area (Å²) in [4.78, 5) is 19.7. The summed E-state index contributed by atoms with van der Waals surface area (Å²) in [5.41, 5.74) is 5.55. The molecule has 3 rings (SSSR count). The fourth-order valence-corrected chi connectivity index (χ4v) is 3.52. The molecule has 10 nitrogen and oxygen atoms in total. The van der Waals surface area contributed by atoms with E-state index >= 15 is 0 Å². The molecule has 0 aliphatic rings. The number of nitrogen functional groups attached to an aromatic ring is 1. The number of aromatic nitrogens is 2. The lowest BCUT2D eigenvalue weighted by molar-refractivity contribution is 0.102. The maximum Gasteiger partial charge on any atom is 0.278 e. The van der Waals surface area contributed by atoms with Crippen LogP contribution in [0.2, 0.25) is 0 Å². The molecule has 1 amide bonds. The van der Waals surface area contributed by atoms with Gasteiger partial charge in [-0.1, -0.05) is 12.1 Å². The van der Waals surface area contributed by atoms with Crippen molar-refractivity contribution in [2.75, 3.05) is 22.9 Å². The van der Waals surface area contributed by atoms with Crippen LogP contribution in [0.4, 0.5) is 17.2 Å². The van der Waals surface area contributed by atoms with Gasteiger partial charge in [-0.2, -0.15) is 0 Å². The lowest BCUT2D eigenvalue weighted by Gasteiger charge is -2.13. The molecule has 1 aromatic heterocycles. The number of phenolic OH excluding ortho intramolecular Hbond substituents is 1. The number of amides is 1. The van der Waals surface area contributed by atoms with Crippen LogP contribution >= 0.6 is 0 Å². The summed E-state index contributed by atoms with van der Waals surface area (Å²) in [5, 5.41) is 12.4. The highest BCUT2D eigenvalue weighted by atomic mass is 32.2. The largest absolute Gasteiger partial charge is 0.506 e. The highest BCUT2D eigenvalue weighted by Crippen LogP contribution is 2.30. The zero-order valence-corrected chi connectivity index (χ0v) is 16.0. The zero-order valence-electron chi connectivity index (χ0n) is 15.2. The Balaban J connectivity index is 1.90. The molecular formula is C18H17N5O5S. The second-order valence-electron chi connectivity index (χ2n) is 5.73. The van der Waals surface area contributed by atoms with Gasteiger partial charge in [-0.05, 0) is 30.3 Å². The monoisotopic (exact) mass is 415 g/mol. The van der Waals surface area contributed by atoms with Crippen molar-refractivity contribution < 1.29 is 23.1 Å². The van der Waals surface area contributed by atoms with E-state index in [1.807, 2.05) is 0 Å². The summed E-state index contributed by atoms with van der Waals surface area (Å²) in [7, 11) is -2.62. The van der Waals surface area contributed by atoms with Crippen LogP contribution in [0.5, 0.6) is 11.5 Å². The van der Waals surface area contributed by atoms with E-state index in [9.17, 15) is 18.3 Å². The van der Waals surface area contributed by atoms with Crippen molar-refractivity contribution in [3.63, 3.8) is 0 Å². The number of hydrogen-bond donors (Lipinski definition) is 4. The Bertz CT molecular complexity index is 1170. The Morgan fingerprint density at radius 2 is 1.83 bits per heavy atom. The summed E-state index contributed by atoms with van der Waals surface area (Å²) >= 11 is 0. The highest BCUT2D eigenvalue weighted by molar-refractivity contribution is 7.92. The maximum atomic E-state index is 12.7. The molecule has 0 spiro atoms. The molecule has 2 aromatic carbocycles. The second kappa shape index (κ2) is 8.02. The van der Waals surface area contributed by atoms with Crippen LogP contribution in [0.1, 0.15) is 10.5 Å². The molecule has 29 heavy (non-hydrogen) atoms. The SMILES string of the molecule is COc1ccccc1NS(=O)(=O)c1ccc(O)c(NC(=O)c2nccnc2N)c1. The zero-order chi connectivity index (χ0) is 21.0. The van der Waals surface area contributed by atoms with E-state index in [0.717, 1.165) is 12.1 Å². The predicted octanol–water partition coefficient (Wildman–Crippen LogP) is 1.83. The number of rotatable bonds is 6. The smallest absolute Gasteiger partial charge is 0.278 e. The molecule has 0 aliphatic heterocycles.